The molecular weight excluding hydrogens is 433 g/mol. The molecule has 4 rings (SSSR count). The van der Waals surface area contributed by atoms with Crippen LogP contribution >= 0.6 is 0 Å². The third kappa shape index (κ3) is 4.85. The number of carbonyl (C=O) groups excluding carboxylic acids is 2. The van der Waals surface area contributed by atoms with Gasteiger partial charge < -0.3 is 19.5 Å². The summed E-state index contributed by atoms with van der Waals surface area (Å²) in [6.07, 6.45) is 5.92. The first-order valence-corrected chi connectivity index (χ1v) is 12.2. The van der Waals surface area contributed by atoms with E-state index in [0.29, 0.717) is 25.8 Å². The summed E-state index contributed by atoms with van der Waals surface area (Å²) < 4.78 is 11.5. The lowest BCUT2D eigenvalue weighted by Gasteiger charge is -2.43. The Balaban J connectivity index is 1.62. The number of hydrogen-bond donors (Lipinski definition) is 2. The van der Waals surface area contributed by atoms with Gasteiger partial charge in [-0.25, -0.2) is 0 Å². The van der Waals surface area contributed by atoms with Crippen LogP contribution < -0.4 is 0 Å². The molecular formula is C26H34BNO6. The zero-order valence-corrected chi connectivity index (χ0v) is 20.2. The van der Waals surface area contributed by atoms with E-state index in [1.807, 2.05) is 12.1 Å². The van der Waals surface area contributed by atoms with Crippen LogP contribution in [0.3, 0.4) is 0 Å². The van der Waals surface area contributed by atoms with Crippen LogP contribution in [0.25, 0.3) is 6.08 Å². The van der Waals surface area contributed by atoms with Crippen LogP contribution in [0.15, 0.2) is 41.0 Å². The number of likely N-dealkylation sites (tertiary alicyclic amines) is 1. The molecule has 2 N–H and O–H groups in total. The van der Waals surface area contributed by atoms with Crippen molar-refractivity contribution in [1.82, 2.24) is 4.90 Å². The summed E-state index contributed by atoms with van der Waals surface area (Å²) in [6, 6.07) is 7.19. The van der Waals surface area contributed by atoms with Gasteiger partial charge in [0.1, 0.15) is 5.75 Å². The van der Waals surface area contributed by atoms with Gasteiger partial charge in [0.15, 0.2) is 0 Å². The maximum atomic E-state index is 13.0. The van der Waals surface area contributed by atoms with Crippen LogP contribution in [0.5, 0.6) is 5.75 Å². The minimum absolute atomic E-state index is 0.139. The Labute approximate surface area is 201 Å². The van der Waals surface area contributed by atoms with E-state index in [0.717, 1.165) is 36.0 Å². The molecule has 0 bridgehead atoms. The molecule has 2 saturated heterocycles. The summed E-state index contributed by atoms with van der Waals surface area (Å²) in [5, 5.41) is 20.4. The largest absolute Gasteiger partial charge is 0.508 e. The molecule has 4 atom stereocenters. The molecule has 7 nitrogen and oxygen atoms in total. The molecule has 8 heteroatoms. The van der Waals surface area contributed by atoms with Gasteiger partial charge in [-0.3, -0.25) is 14.5 Å². The van der Waals surface area contributed by atoms with Crippen LogP contribution in [0.1, 0.15) is 44.6 Å². The molecule has 182 valence electrons. The molecule has 2 amide bonds. The number of aromatic hydroxyl groups is 1. The number of allylic oxidation sites excluding steroid dienone is 1. The molecule has 2 fully saturated rings. The van der Waals surface area contributed by atoms with E-state index in [2.05, 4.69) is 13.0 Å². The number of fused-ring (bicyclic) bond motifs is 3. The quantitative estimate of drug-likeness (QED) is 0.346. The number of phenols is 1. The summed E-state index contributed by atoms with van der Waals surface area (Å²) in [4.78, 5) is 27.0. The topological polar surface area (TPSA) is 96.3 Å². The van der Waals surface area contributed by atoms with Gasteiger partial charge in [0.2, 0.25) is 11.8 Å². The maximum Gasteiger partial charge on any atom is 0.455 e. The van der Waals surface area contributed by atoms with Crippen molar-refractivity contribution in [2.24, 2.45) is 17.8 Å². The van der Waals surface area contributed by atoms with E-state index in [4.69, 9.17) is 9.39 Å². The van der Waals surface area contributed by atoms with E-state index in [-0.39, 0.29) is 35.5 Å². The first kappa shape index (κ1) is 24.7. The molecule has 0 aromatic heterocycles. The molecule has 0 spiro atoms. The lowest BCUT2D eigenvalue weighted by Crippen LogP contribution is -2.46. The lowest BCUT2D eigenvalue weighted by atomic mass is 9.58. The normalized spacial score (nSPS) is 27.4. The Hall–Kier alpha value is -2.42. The van der Waals surface area contributed by atoms with Gasteiger partial charge in [-0.15, -0.1) is 0 Å². The molecule has 34 heavy (non-hydrogen) atoms. The highest BCUT2D eigenvalue weighted by Crippen LogP contribution is 2.50. The zero-order chi connectivity index (χ0) is 24.4. The number of carbonyl (C=O) groups is 2. The van der Waals surface area contributed by atoms with Gasteiger partial charge >= 0.3 is 7.12 Å². The Morgan fingerprint density at radius 3 is 2.76 bits per heavy atom. The van der Waals surface area contributed by atoms with Crippen molar-refractivity contribution in [2.75, 3.05) is 20.8 Å². The van der Waals surface area contributed by atoms with Crippen molar-refractivity contribution in [3.63, 3.8) is 0 Å². The molecule has 1 aliphatic carbocycles. The summed E-state index contributed by atoms with van der Waals surface area (Å²) in [6.45, 7) is 2.52. The fourth-order valence-electron chi connectivity index (χ4n) is 5.99. The lowest BCUT2D eigenvalue weighted by molar-refractivity contribution is -0.138. The number of amides is 2. The second-order valence-corrected chi connectivity index (χ2v) is 9.67. The number of ether oxygens (including phenoxy) is 1. The van der Waals surface area contributed by atoms with Gasteiger partial charge in [-0.1, -0.05) is 37.1 Å². The third-order valence-corrected chi connectivity index (χ3v) is 7.39. The third-order valence-electron chi connectivity index (χ3n) is 7.39. The Morgan fingerprint density at radius 2 is 2.06 bits per heavy atom. The Morgan fingerprint density at radius 1 is 1.26 bits per heavy atom. The SMILES string of the molecule is CCC/C(=C\c1cccc(O)c1)CC[C@H]1OB(O)C[C@H]2C1=C(COC)C[C@H]1C(=O)N(C)C(=O)[C@H]12. The fourth-order valence-corrected chi connectivity index (χ4v) is 5.99. The Kier molecular flexibility index (Phi) is 7.60. The molecule has 0 saturated carbocycles. The summed E-state index contributed by atoms with van der Waals surface area (Å²) in [5.74, 6) is -1.10. The molecule has 0 unspecified atom stereocenters. The van der Waals surface area contributed by atoms with Crippen molar-refractivity contribution in [1.29, 1.82) is 0 Å². The van der Waals surface area contributed by atoms with Crippen LogP contribution in [-0.2, 0) is 19.0 Å². The van der Waals surface area contributed by atoms with Crippen molar-refractivity contribution in [3.8, 4) is 5.75 Å². The van der Waals surface area contributed by atoms with Gasteiger partial charge in [-0.05, 0) is 66.8 Å². The highest BCUT2D eigenvalue weighted by molar-refractivity contribution is 6.43. The van der Waals surface area contributed by atoms with Crippen molar-refractivity contribution >= 4 is 25.0 Å². The number of nitrogens with zero attached hydrogens (tertiary/aromatic N) is 1. The van der Waals surface area contributed by atoms with Crippen LogP contribution in [0, 0.1) is 17.8 Å². The predicted octanol–water partition coefficient (Wildman–Crippen LogP) is 3.43. The monoisotopic (exact) mass is 467 g/mol. The van der Waals surface area contributed by atoms with E-state index < -0.39 is 13.0 Å². The second kappa shape index (κ2) is 10.5. The van der Waals surface area contributed by atoms with Gasteiger partial charge in [0.05, 0.1) is 24.5 Å². The van der Waals surface area contributed by atoms with Crippen LogP contribution in [0.2, 0.25) is 6.32 Å². The van der Waals surface area contributed by atoms with Crippen molar-refractivity contribution in [2.45, 2.75) is 51.5 Å². The highest BCUT2D eigenvalue weighted by Gasteiger charge is 2.56. The van der Waals surface area contributed by atoms with Crippen LogP contribution in [0.4, 0.5) is 0 Å². The maximum absolute atomic E-state index is 13.0. The minimum atomic E-state index is -0.972. The molecule has 2 aliphatic heterocycles. The van der Waals surface area contributed by atoms with E-state index in [1.165, 1.54) is 10.5 Å². The van der Waals surface area contributed by atoms with Crippen molar-refractivity contribution in [3.05, 3.63) is 46.5 Å². The number of imide groups is 1. The first-order chi connectivity index (χ1) is 16.3. The van der Waals surface area contributed by atoms with E-state index >= 15 is 0 Å². The van der Waals surface area contributed by atoms with E-state index in [9.17, 15) is 19.7 Å². The average molecular weight is 467 g/mol. The number of hydrogen-bond acceptors (Lipinski definition) is 6. The van der Waals surface area contributed by atoms with Gasteiger partial charge in [0.25, 0.3) is 0 Å². The van der Waals surface area contributed by atoms with Gasteiger partial charge in [0, 0.05) is 14.2 Å². The predicted molar refractivity (Wildman–Crippen MR) is 130 cm³/mol. The summed E-state index contributed by atoms with van der Waals surface area (Å²) in [7, 11) is 2.21. The number of methoxy groups -OCH3 is 1. The fraction of sp³-hybridized carbons (Fsp3) is 0.538. The van der Waals surface area contributed by atoms with Crippen molar-refractivity contribution < 1.29 is 29.1 Å². The number of benzene rings is 1. The zero-order valence-electron chi connectivity index (χ0n) is 20.2. The number of phenolic OH excluding ortho intramolecular Hbond substituents is 1. The van der Waals surface area contributed by atoms with Crippen LogP contribution in [-0.4, -0.2) is 60.8 Å². The molecule has 0 radical (unpaired) electrons. The van der Waals surface area contributed by atoms with E-state index in [1.54, 1.807) is 26.3 Å². The molecule has 3 aliphatic rings. The highest BCUT2D eigenvalue weighted by atomic mass is 16.5. The standard InChI is InChI=1S/C26H34BNO6/c1-4-6-16(11-17-7-5-8-19(29)12-17)9-10-22-23-18(15-33-3)13-20-24(21(23)14-27(32)34-22)26(31)28(2)25(20)30/h5,7-8,11-12,20-22,24,29,32H,4,6,9-10,13-15H2,1-3H3/b16-11+/t20-,21+,22-,24-/m1/s1. The first-order valence-electron chi connectivity index (χ1n) is 12.2. The summed E-state index contributed by atoms with van der Waals surface area (Å²) >= 11 is 0. The Bertz CT molecular complexity index is 1000. The smallest absolute Gasteiger partial charge is 0.455 e. The molecule has 1 aromatic carbocycles. The van der Waals surface area contributed by atoms with Gasteiger partial charge in [-0.2, -0.15) is 0 Å². The molecule has 2 heterocycles. The number of rotatable bonds is 8. The minimum Gasteiger partial charge on any atom is -0.508 e. The summed E-state index contributed by atoms with van der Waals surface area (Å²) in [5.41, 5.74) is 4.25. The second-order valence-electron chi connectivity index (χ2n) is 9.67. The molecule has 1 aromatic rings. The average Bonchev–Trinajstić information content (AvgIpc) is 3.01.